The van der Waals surface area contributed by atoms with Crippen LogP contribution in [0.2, 0.25) is 0 Å². The van der Waals surface area contributed by atoms with E-state index in [4.69, 9.17) is 0 Å². The van der Waals surface area contributed by atoms with Crippen molar-refractivity contribution in [3.63, 3.8) is 0 Å². The molecular formula is C14H12FN3O. The Balaban J connectivity index is 2.29. The summed E-state index contributed by atoms with van der Waals surface area (Å²) in [6.45, 7) is 1.96. The SMILES string of the molecule is CCc1nccn1-c1cc2[nH]c(=O)ccc2cc1F. The lowest BCUT2D eigenvalue weighted by Crippen LogP contribution is -2.05. The van der Waals surface area contributed by atoms with Gasteiger partial charge in [-0.3, -0.25) is 4.79 Å². The molecule has 0 amide bonds. The molecule has 0 aliphatic carbocycles. The number of hydrogen-bond acceptors (Lipinski definition) is 2. The lowest BCUT2D eigenvalue weighted by atomic mass is 10.2. The Labute approximate surface area is 108 Å². The molecule has 4 nitrogen and oxygen atoms in total. The number of benzene rings is 1. The van der Waals surface area contributed by atoms with Crippen LogP contribution in [0.5, 0.6) is 0 Å². The maximum absolute atomic E-state index is 14.2. The fourth-order valence-corrected chi connectivity index (χ4v) is 2.16. The van der Waals surface area contributed by atoms with E-state index in [0.29, 0.717) is 23.0 Å². The van der Waals surface area contributed by atoms with Crippen molar-refractivity contribution in [3.8, 4) is 5.69 Å². The zero-order valence-electron chi connectivity index (χ0n) is 10.4. The van der Waals surface area contributed by atoms with E-state index in [0.717, 1.165) is 5.82 Å². The minimum Gasteiger partial charge on any atom is -0.322 e. The van der Waals surface area contributed by atoms with Gasteiger partial charge in [0, 0.05) is 30.3 Å². The van der Waals surface area contributed by atoms with Gasteiger partial charge in [0.1, 0.15) is 11.6 Å². The van der Waals surface area contributed by atoms with E-state index in [2.05, 4.69) is 9.97 Å². The highest BCUT2D eigenvalue weighted by Crippen LogP contribution is 2.21. The molecule has 0 fully saturated rings. The molecule has 0 spiro atoms. The quantitative estimate of drug-likeness (QED) is 0.766. The number of pyridine rings is 1. The summed E-state index contributed by atoms with van der Waals surface area (Å²) in [5, 5.41) is 0.666. The Hall–Kier alpha value is -2.43. The molecular weight excluding hydrogens is 245 g/mol. The molecule has 3 rings (SSSR count). The van der Waals surface area contributed by atoms with Crippen LogP contribution in [0.25, 0.3) is 16.6 Å². The monoisotopic (exact) mass is 257 g/mol. The molecule has 0 atom stereocenters. The number of aromatic amines is 1. The summed E-state index contributed by atoms with van der Waals surface area (Å²) in [7, 11) is 0. The second-order valence-corrected chi connectivity index (χ2v) is 4.28. The van der Waals surface area contributed by atoms with E-state index in [1.807, 2.05) is 6.92 Å². The van der Waals surface area contributed by atoms with Crippen LogP contribution in [0, 0.1) is 5.82 Å². The predicted octanol–water partition coefficient (Wildman–Crippen LogP) is 2.42. The fourth-order valence-electron chi connectivity index (χ4n) is 2.16. The van der Waals surface area contributed by atoms with Crippen molar-refractivity contribution in [1.82, 2.24) is 14.5 Å². The molecule has 1 aromatic carbocycles. The molecule has 96 valence electrons. The minimum atomic E-state index is -0.341. The van der Waals surface area contributed by atoms with Crippen LogP contribution in [-0.2, 0) is 6.42 Å². The van der Waals surface area contributed by atoms with Gasteiger partial charge in [-0.2, -0.15) is 0 Å². The predicted molar refractivity (Wildman–Crippen MR) is 71.0 cm³/mol. The molecule has 0 saturated heterocycles. The van der Waals surface area contributed by atoms with Gasteiger partial charge in [-0.1, -0.05) is 6.92 Å². The van der Waals surface area contributed by atoms with Gasteiger partial charge in [-0.15, -0.1) is 0 Å². The van der Waals surface area contributed by atoms with E-state index in [1.54, 1.807) is 29.1 Å². The molecule has 3 aromatic rings. The number of fused-ring (bicyclic) bond motifs is 1. The van der Waals surface area contributed by atoms with Crippen molar-refractivity contribution in [2.24, 2.45) is 0 Å². The second kappa shape index (κ2) is 4.35. The van der Waals surface area contributed by atoms with Crippen molar-refractivity contribution in [2.45, 2.75) is 13.3 Å². The van der Waals surface area contributed by atoms with Gasteiger partial charge in [-0.05, 0) is 18.2 Å². The van der Waals surface area contributed by atoms with Crippen molar-refractivity contribution >= 4 is 10.9 Å². The number of imidazole rings is 1. The molecule has 0 radical (unpaired) electrons. The first-order valence-electron chi connectivity index (χ1n) is 6.04. The molecule has 19 heavy (non-hydrogen) atoms. The third-order valence-corrected chi connectivity index (χ3v) is 3.08. The summed E-state index contributed by atoms with van der Waals surface area (Å²) in [5.74, 6) is 0.434. The van der Waals surface area contributed by atoms with Crippen LogP contribution in [0.3, 0.4) is 0 Å². The normalized spacial score (nSPS) is 11.1. The van der Waals surface area contributed by atoms with Crippen LogP contribution >= 0.6 is 0 Å². The zero-order valence-corrected chi connectivity index (χ0v) is 10.4. The highest BCUT2D eigenvalue weighted by Gasteiger charge is 2.10. The Kier molecular flexibility index (Phi) is 2.67. The van der Waals surface area contributed by atoms with Gasteiger partial charge in [0.2, 0.25) is 5.56 Å². The summed E-state index contributed by atoms with van der Waals surface area (Å²) in [6, 6.07) is 6.04. The van der Waals surface area contributed by atoms with Crippen molar-refractivity contribution in [1.29, 1.82) is 0 Å². The molecule has 2 heterocycles. The number of rotatable bonds is 2. The smallest absolute Gasteiger partial charge is 0.248 e. The first kappa shape index (κ1) is 11.6. The summed E-state index contributed by atoms with van der Waals surface area (Å²) < 4.78 is 15.9. The summed E-state index contributed by atoms with van der Waals surface area (Å²) in [4.78, 5) is 18.2. The van der Waals surface area contributed by atoms with Gasteiger partial charge in [0.25, 0.3) is 0 Å². The fraction of sp³-hybridized carbons (Fsp3) is 0.143. The highest BCUT2D eigenvalue weighted by molar-refractivity contribution is 5.80. The van der Waals surface area contributed by atoms with E-state index < -0.39 is 0 Å². The van der Waals surface area contributed by atoms with Crippen LogP contribution in [-0.4, -0.2) is 14.5 Å². The molecule has 5 heteroatoms. The average molecular weight is 257 g/mol. The Morgan fingerprint density at radius 3 is 3.00 bits per heavy atom. The first-order chi connectivity index (χ1) is 9.19. The molecule has 2 aromatic heterocycles. The average Bonchev–Trinajstić information content (AvgIpc) is 2.86. The first-order valence-corrected chi connectivity index (χ1v) is 6.04. The molecule has 0 unspecified atom stereocenters. The zero-order chi connectivity index (χ0) is 13.4. The second-order valence-electron chi connectivity index (χ2n) is 4.28. The van der Waals surface area contributed by atoms with Crippen molar-refractivity contribution in [2.75, 3.05) is 0 Å². The molecule has 1 N–H and O–H groups in total. The Morgan fingerprint density at radius 2 is 2.21 bits per heavy atom. The van der Waals surface area contributed by atoms with Crippen LogP contribution in [0.15, 0.2) is 41.5 Å². The third-order valence-electron chi connectivity index (χ3n) is 3.08. The topological polar surface area (TPSA) is 50.7 Å². The number of nitrogens with zero attached hydrogens (tertiary/aromatic N) is 2. The Bertz CT molecular complexity index is 804. The lowest BCUT2D eigenvalue weighted by molar-refractivity contribution is 0.617. The minimum absolute atomic E-state index is 0.202. The summed E-state index contributed by atoms with van der Waals surface area (Å²) >= 11 is 0. The van der Waals surface area contributed by atoms with E-state index in [-0.39, 0.29) is 11.4 Å². The van der Waals surface area contributed by atoms with Crippen molar-refractivity contribution < 1.29 is 4.39 Å². The lowest BCUT2D eigenvalue weighted by Gasteiger charge is -2.09. The van der Waals surface area contributed by atoms with Gasteiger partial charge in [-0.25, -0.2) is 9.37 Å². The number of halogens is 1. The highest BCUT2D eigenvalue weighted by atomic mass is 19.1. The van der Waals surface area contributed by atoms with Gasteiger partial charge in [0.15, 0.2) is 0 Å². The molecule has 0 saturated carbocycles. The number of aryl methyl sites for hydroxylation is 1. The number of aromatic nitrogens is 3. The summed E-state index contributed by atoms with van der Waals surface area (Å²) in [5.41, 5.74) is 0.801. The largest absolute Gasteiger partial charge is 0.322 e. The van der Waals surface area contributed by atoms with Gasteiger partial charge in [0.05, 0.1) is 11.2 Å². The standard InChI is InChI=1S/C14H12FN3O/c1-2-13-16-5-6-18(13)12-8-11-9(7-10(12)15)3-4-14(19)17-11/h3-8H,2H2,1H3,(H,17,19). The van der Waals surface area contributed by atoms with Crippen LogP contribution in [0.1, 0.15) is 12.7 Å². The maximum Gasteiger partial charge on any atom is 0.248 e. The van der Waals surface area contributed by atoms with E-state index in [1.165, 1.54) is 12.1 Å². The maximum atomic E-state index is 14.2. The number of nitrogens with one attached hydrogen (secondary N) is 1. The van der Waals surface area contributed by atoms with Crippen LogP contribution in [0.4, 0.5) is 4.39 Å². The third kappa shape index (κ3) is 1.93. The Morgan fingerprint density at radius 1 is 1.37 bits per heavy atom. The molecule has 0 aliphatic rings. The van der Waals surface area contributed by atoms with Crippen LogP contribution < -0.4 is 5.56 Å². The number of H-pyrrole nitrogens is 1. The van der Waals surface area contributed by atoms with E-state index in [9.17, 15) is 9.18 Å². The van der Waals surface area contributed by atoms with E-state index >= 15 is 0 Å². The number of hydrogen-bond donors (Lipinski definition) is 1. The van der Waals surface area contributed by atoms with Gasteiger partial charge >= 0.3 is 0 Å². The molecule has 0 aliphatic heterocycles. The molecule has 0 bridgehead atoms. The van der Waals surface area contributed by atoms with Gasteiger partial charge < -0.3 is 9.55 Å². The summed E-state index contributed by atoms with van der Waals surface area (Å²) in [6.07, 6.45) is 4.05. The van der Waals surface area contributed by atoms with Crippen molar-refractivity contribution in [3.05, 3.63) is 58.7 Å².